The second-order valence-corrected chi connectivity index (χ2v) is 11.1. The maximum Gasteiger partial charge on any atom is 0.303 e. The lowest BCUT2D eigenvalue weighted by molar-refractivity contribution is -0.190. The van der Waals surface area contributed by atoms with Crippen molar-refractivity contribution >= 4 is 29.1 Å². The second kappa shape index (κ2) is 7.23. The largest absolute Gasteiger partial charge is 0.458 e. The van der Waals surface area contributed by atoms with Gasteiger partial charge in [-0.1, -0.05) is 32.4 Å². The Morgan fingerprint density at radius 3 is 2.56 bits per heavy atom. The molecule has 0 bridgehead atoms. The Bertz CT molecular complexity index is 943. The fourth-order valence-corrected chi connectivity index (χ4v) is 7.96. The molecule has 3 unspecified atom stereocenters. The van der Waals surface area contributed by atoms with E-state index in [2.05, 4.69) is 0 Å². The highest BCUT2D eigenvalue weighted by Gasteiger charge is 2.76. The lowest BCUT2D eigenvalue weighted by atomic mass is 9.45. The highest BCUT2D eigenvalue weighted by Crippen LogP contribution is 2.71. The number of carbonyl (C=O) groups excluding carboxylic acids is 3. The SMILES string of the molecule is CC(=O)OCC(=O)[C@@]1(O)C(C)C[C@H]2[C@@H]3C(O)CC4=CC(=O)C=C[C@]4(C)[C@@]3(Cl)C(O)C[C@@]21C. The minimum Gasteiger partial charge on any atom is -0.458 e. The summed E-state index contributed by atoms with van der Waals surface area (Å²) in [6, 6.07) is 0. The summed E-state index contributed by atoms with van der Waals surface area (Å²) in [6.07, 6.45) is 3.19. The van der Waals surface area contributed by atoms with Crippen LogP contribution in [0.2, 0.25) is 0 Å². The summed E-state index contributed by atoms with van der Waals surface area (Å²) in [7, 11) is 0. The molecule has 0 spiro atoms. The molecule has 3 fully saturated rings. The van der Waals surface area contributed by atoms with Crippen LogP contribution in [0.25, 0.3) is 0 Å². The molecule has 0 aliphatic heterocycles. The number of rotatable bonds is 3. The lowest BCUT2D eigenvalue weighted by Crippen LogP contribution is -2.71. The van der Waals surface area contributed by atoms with E-state index in [1.54, 1.807) is 19.9 Å². The molecule has 0 aromatic carbocycles. The summed E-state index contributed by atoms with van der Waals surface area (Å²) in [5.41, 5.74) is -3.11. The van der Waals surface area contributed by atoms with Gasteiger partial charge in [-0.15, -0.1) is 11.6 Å². The van der Waals surface area contributed by atoms with Crippen LogP contribution in [-0.4, -0.2) is 62.1 Å². The average molecular weight is 467 g/mol. The summed E-state index contributed by atoms with van der Waals surface area (Å²) >= 11 is 7.29. The Morgan fingerprint density at radius 2 is 1.94 bits per heavy atom. The maximum atomic E-state index is 13.1. The van der Waals surface area contributed by atoms with Crippen molar-refractivity contribution in [2.75, 3.05) is 6.61 Å². The van der Waals surface area contributed by atoms with Crippen molar-refractivity contribution in [2.45, 2.75) is 69.6 Å². The van der Waals surface area contributed by atoms with Gasteiger partial charge < -0.3 is 20.1 Å². The van der Waals surface area contributed by atoms with Crippen LogP contribution in [0.15, 0.2) is 23.8 Å². The molecule has 4 rings (SSSR count). The molecule has 0 aromatic heterocycles. The third-order valence-corrected chi connectivity index (χ3v) is 9.96. The van der Waals surface area contributed by atoms with E-state index in [0.717, 1.165) is 0 Å². The van der Waals surface area contributed by atoms with Gasteiger partial charge in [0.2, 0.25) is 5.78 Å². The fraction of sp³-hybridized carbons (Fsp3) is 0.708. The molecule has 0 radical (unpaired) electrons. The van der Waals surface area contributed by atoms with Crippen molar-refractivity contribution in [1.82, 2.24) is 0 Å². The smallest absolute Gasteiger partial charge is 0.303 e. The fourth-order valence-electron chi connectivity index (χ4n) is 7.41. The molecule has 0 heterocycles. The van der Waals surface area contributed by atoms with Gasteiger partial charge in [0.25, 0.3) is 0 Å². The second-order valence-electron chi connectivity index (χ2n) is 10.5. The molecule has 0 saturated heterocycles. The minimum absolute atomic E-state index is 0.0295. The predicted molar refractivity (Wildman–Crippen MR) is 116 cm³/mol. The van der Waals surface area contributed by atoms with Gasteiger partial charge in [-0.2, -0.15) is 0 Å². The van der Waals surface area contributed by atoms with E-state index >= 15 is 0 Å². The van der Waals surface area contributed by atoms with Crippen LogP contribution >= 0.6 is 11.6 Å². The molecule has 0 amide bonds. The average Bonchev–Trinajstić information content (AvgIpc) is 2.89. The van der Waals surface area contributed by atoms with E-state index in [1.165, 1.54) is 19.1 Å². The molecule has 3 saturated carbocycles. The Morgan fingerprint density at radius 1 is 1.28 bits per heavy atom. The number of carbonyl (C=O) groups is 3. The van der Waals surface area contributed by atoms with E-state index in [1.807, 2.05) is 6.92 Å². The van der Waals surface area contributed by atoms with Crippen LogP contribution in [0.4, 0.5) is 0 Å². The first-order valence-electron chi connectivity index (χ1n) is 11.1. The zero-order valence-corrected chi connectivity index (χ0v) is 19.6. The Hall–Kier alpha value is -1.54. The summed E-state index contributed by atoms with van der Waals surface area (Å²) in [4.78, 5) is 35.1. The monoisotopic (exact) mass is 466 g/mol. The standard InChI is InChI=1S/C24H31ClO7/c1-12-7-16-20-17(28)9-14-8-15(27)5-6-21(14,3)23(20,25)18(29)10-22(16,4)24(12,31)19(30)11-32-13(2)26/h5-6,8,12,16-18,20,28-29,31H,7,9-11H2,1-4H3/t12?,16-,17?,18?,20+,21-,22-,23+,24-/m0/s1. The van der Waals surface area contributed by atoms with Crippen molar-refractivity contribution in [1.29, 1.82) is 0 Å². The summed E-state index contributed by atoms with van der Waals surface area (Å²) in [5, 5.41) is 34.5. The number of Topliss-reactive ketones (excluding diaryl/α,β-unsaturated/α-hetero) is 1. The highest BCUT2D eigenvalue weighted by molar-refractivity contribution is 6.26. The van der Waals surface area contributed by atoms with Gasteiger partial charge in [0.05, 0.1) is 17.1 Å². The Labute approximate surface area is 192 Å². The molecule has 32 heavy (non-hydrogen) atoms. The van der Waals surface area contributed by atoms with Gasteiger partial charge in [0.15, 0.2) is 12.4 Å². The number of alkyl halides is 1. The topological polar surface area (TPSA) is 121 Å². The molecule has 4 aliphatic carbocycles. The number of hydrogen-bond acceptors (Lipinski definition) is 7. The molecule has 0 aromatic rings. The minimum atomic E-state index is -1.85. The van der Waals surface area contributed by atoms with Gasteiger partial charge in [-0.05, 0) is 43.3 Å². The zero-order valence-electron chi connectivity index (χ0n) is 18.8. The third-order valence-electron chi connectivity index (χ3n) is 9.07. The number of hydrogen-bond donors (Lipinski definition) is 3. The Kier molecular flexibility index (Phi) is 5.33. The van der Waals surface area contributed by atoms with E-state index in [0.29, 0.717) is 12.0 Å². The zero-order chi connectivity index (χ0) is 23.9. The highest BCUT2D eigenvalue weighted by atomic mass is 35.5. The number of aliphatic hydroxyl groups excluding tert-OH is 2. The van der Waals surface area contributed by atoms with Gasteiger partial charge in [-0.3, -0.25) is 14.4 Å². The summed E-state index contributed by atoms with van der Waals surface area (Å²) in [5.74, 6) is -2.91. The molecular formula is C24H31ClO7. The van der Waals surface area contributed by atoms with Gasteiger partial charge in [-0.25, -0.2) is 0 Å². The lowest BCUT2D eigenvalue weighted by Gasteiger charge is -2.64. The van der Waals surface area contributed by atoms with E-state index in [9.17, 15) is 29.7 Å². The van der Waals surface area contributed by atoms with Crippen LogP contribution in [-0.2, 0) is 19.1 Å². The predicted octanol–water partition coefficient (Wildman–Crippen LogP) is 1.71. The number of fused-ring (bicyclic) bond motifs is 5. The van der Waals surface area contributed by atoms with Crippen molar-refractivity contribution < 1.29 is 34.4 Å². The molecule has 8 heteroatoms. The van der Waals surface area contributed by atoms with Crippen molar-refractivity contribution in [2.24, 2.45) is 28.6 Å². The molecule has 4 aliphatic rings. The van der Waals surface area contributed by atoms with Crippen molar-refractivity contribution in [3.63, 3.8) is 0 Å². The van der Waals surface area contributed by atoms with Crippen LogP contribution in [0, 0.1) is 28.6 Å². The van der Waals surface area contributed by atoms with Crippen LogP contribution in [0.3, 0.4) is 0 Å². The molecule has 176 valence electrons. The van der Waals surface area contributed by atoms with E-state index in [-0.39, 0.29) is 24.5 Å². The van der Waals surface area contributed by atoms with Crippen LogP contribution in [0.1, 0.15) is 47.0 Å². The number of ketones is 2. The van der Waals surface area contributed by atoms with Gasteiger partial charge >= 0.3 is 5.97 Å². The Balaban J connectivity index is 1.80. The van der Waals surface area contributed by atoms with Gasteiger partial charge in [0, 0.05) is 23.7 Å². The summed E-state index contributed by atoms with van der Waals surface area (Å²) < 4.78 is 4.89. The first kappa shape index (κ1) is 23.6. The molecule has 3 N–H and O–H groups in total. The molecule has 9 atom stereocenters. The number of halogens is 1. The maximum absolute atomic E-state index is 13.1. The number of ether oxygens (including phenoxy) is 1. The quantitative estimate of drug-likeness (QED) is 0.427. The van der Waals surface area contributed by atoms with Gasteiger partial charge in [0.1, 0.15) is 5.60 Å². The van der Waals surface area contributed by atoms with E-state index in [4.69, 9.17) is 16.3 Å². The third kappa shape index (κ3) is 2.74. The molecular weight excluding hydrogens is 436 g/mol. The van der Waals surface area contributed by atoms with E-state index < -0.39 is 63.7 Å². The van der Waals surface area contributed by atoms with Crippen LogP contribution in [0.5, 0.6) is 0 Å². The molecule has 7 nitrogen and oxygen atoms in total. The van der Waals surface area contributed by atoms with Crippen molar-refractivity contribution in [3.8, 4) is 0 Å². The normalized spacial score (nSPS) is 49.6. The van der Waals surface area contributed by atoms with Crippen LogP contribution < -0.4 is 0 Å². The number of esters is 1. The number of allylic oxidation sites excluding steroid dienone is 3. The first-order valence-corrected chi connectivity index (χ1v) is 11.5. The first-order chi connectivity index (χ1) is 14.7. The number of aliphatic hydroxyl groups is 3. The van der Waals surface area contributed by atoms with Crippen molar-refractivity contribution in [3.05, 3.63) is 23.8 Å². The summed E-state index contributed by atoms with van der Waals surface area (Å²) in [6.45, 7) is 6.03.